The molecule has 0 spiro atoms. The van der Waals surface area contributed by atoms with Crippen molar-refractivity contribution >= 4 is 23.1 Å². The van der Waals surface area contributed by atoms with E-state index >= 15 is 0 Å². The standard InChI is InChI=1S/C16H13N5S/c1-2-11(9-17)16-20-10-14(22-16)12-5-3-6-13(21-12)15-18-7-4-8-19-15/h2-10,17H,1H3. The van der Waals surface area contributed by atoms with Crippen LogP contribution < -0.4 is 0 Å². The summed E-state index contributed by atoms with van der Waals surface area (Å²) in [5.74, 6) is 0.600. The van der Waals surface area contributed by atoms with Gasteiger partial charge in [0.1, 0.15) is 10.7 Å². The second-order valence-corrected chi connectivity index (χ2v) is 5.43. The Morgan fingerprint density at radius 2 is 1.86 bits per heavy atom. The summed E-state index contributed by atoms with van der Waals surface area (Å²) in [6.45, 7) is 1.90. The maximum atomic E-state index is 7.40. The van der Waals surface area contributed by atoms with Crippen LogP contribution in [0.15, 0.2) is 48.9 Å². The van der Waals surface area contributed by atoms with E-state index in [9.17, 15) is 0 Å². The molecular formula is C16H13N5S. The first-order chi connectivity index (χ1) is 10.8. The Labute approximate surface area is 132 Å². The summed E-state index contributed by atoms with van der Waals surface area (Å²) in [4.78, 5) is 18.4. The Bertz CT molecular complexity index is 823. The predicted octanol–water partition coefficient (Wildman–Crippen LogP) is 3.71. The summed E-state index contributed by atoms with van der Waals surface area (Å²) in [7, 11) is 0. The molecule has 0 aliphatic rings. The summed E-state index contributed by atoms with van der Waals surface area (Å²) in [5, 5.41) is 8.21. The minimum atomic E-state index is 0.600. The van der Waals surface area contributed by atoms with Crippen LogP contribution >= 0.6 is 11.3 Å². The van der Waals surface area contributed by atoms with E-state index in [-0.39, 0.29) is 0 Å². The third-order valence-electron chi connectivity index (χ3n) is 3.02. The third kappa shape index (κ3) is 2.82. The molecule has 0 saturated carbocycles. The van der Waals surface area contributed by atoms with E-state index < -0.39 is 0 Å². The molecule has 5 nitrogen and oxygen atoms in total. The largest absolute Gasteiger partial charge is 0.308 e. The Kier molecular flexibility index (Phi) is 4.11. The highest BCUT2D eigenvalue weighted by atomic mass is 32.1. The Morgan fingerprint density at radius 3 is 2.59 bits per heavy atom. The van der Waals surface area contributed by atoms with E-state index in [2.05, 4.69) is 19.9 Å². The van der Waals surface area contributed by atoms with Gasteiger partial charge in [0, 0.05) is 30.4 Å². The molecule has 0 fully saturated rings. The number of aromatic nitrogens is 4. The van der Waals surface area contributed by atoms with Gasteiger partial charge in [-0.1, -0.05) is 12.1 Å². The lowest BCUT2D eigenvalue weighted by Crippen LogP contribution is -1.91. The smallest absolute Gasteiger partial charge is 0.178 e. The molecule has 3 rings (SSSR count). The summed E-state index contributed by atoms with van der Waals surface area (Å²) < 4.78 is 0. The predicted molar refractivity (Wildman–Crippen MR) is 88.8 cm³/mol. The molecule has 3 aromatic heterocycles. The topological polar surface area (TPSA) is 75.4 Å². The van der Waals surface area contributed by atoms with E-state index in [4.69, 9.17) is 5.41 Å². The molecule has 0 aromatic carbocycles. The zero-order chi connectivity index (χ0) is 15.4. The van der Waals surface area contributed by atoms with Crippen LogP contribution in [0.3, 0.4) is 0 Å². The van der Waals surface area contributed by atoms with Crippen molar-refractivity contribution in [3.8, 4) is 22.1 Å². The lowest BCUT2D eigenvalue weighted by atomic mass is 10.2. The van der Waals surface area contributed by atoms with Gasteiger partial charge in [-0.05, 0) is 25.1 Å². The second-order valence-electron chi connectivity index (χ2n) is 4.40. The number of rotatable bonds is 4. The van der Waals surface area contributed by atoms with Crippen LogP contribution in [0.2, 0.25) is 0 Å². The Balaban J connectivity index is 1.98. The summed E-state index contributed by atoms with van der Waals surface area (Å²) in [6, 6.07) is 7.53. The first-order valence-corrected chi connectivity index (χ1v) is 7.51. The van der Waals surface area contributed by atoms with Gasteiger partial charge in [-0.25, -0.2) is 19.9 Å². The average molecular weight is 307 g/mol. The van der Waals surface area contributed by atoms with E-state index in [1.54, 1.807) is 24.7 Å². The van der Waals surface area contributed by atoms with Crippen LogP contribution in [0, 0.1) is 5.41 Å². The quantitative estimate of drug-likeness (QED) is 0.745. The normalized spacial score (nSPS) is 11.4. The highest BCUT2D eigenvalue weighted by molar-refractivity contribution is 7.16. The fourth-order valence-corrected chi connectivity index (χ4v) is 2.85. The van der Waals surface area contributed by atoms with Crippen molar-refractivity contribution in [3.05, 3.63) is 53.9 Å². The van der Waals surface area contributed by atoms with Crippen LogP contribution in [0.1, 0.15) is 11.9 Å². The highest BCUT2D eigenvalue weighted by Gasteiger charge is 2.10. The molecule has 0 bridgehead atoms. The number of hydrogen-bond donors (Lipinski definition) is 1. The number of pyridine rings is 1. The van der Waals surface area contributed by atoms with Crippen LogP contribution in [-0.4, -0.2) is 26.2 Å². The van der Waals surface area contributed by atoms with Gasteiger partial charge in [-0.3, -0.25) is 0 Å². The van der Waals surface area contributed by atoms with Gasteiger partial charge >= 0.3 is 0 Å². The van der Waals surface area contributed by atoms with E-state index in [0.29, 0.717) is 5.82 Å². The van der Waals surface area contributed by atoms with Crippen LogP contribution in [0.5, 0.6) is 0 Å². The fourth-order valence-electron chi connectivity index (χ4n) is 1.92. The van der Waals surface area contributed by atoms with Gasteiger partial charge in [0.25, 0.3) is 0 Å². The maximum absolute atomic E-state index is 7.40. The number of nitrogens with zero attached hydrogens (tertiary/aromatic N) is 4. The number of nitrogens with one attached hydrogen (secondary N) is 1. The van der Waals surface area contributed by atoms with Gasteiger partial charge in [0.05, 0.1) is 10.6 Å². The summed E-state index contributed by atoms with van der Waals surface area (Å²) in [5.41, 5.74) is 2.36. The van der Waals surface area contributed by atoms with Gasteiger partial charge in [0.2, 0.25) is 0 Å². The molecule has 0 amide bonds. The molecular weight excluding hydrogens is 294 g/mol. The maximum Gasteiger partial charge on any atom is 0.178 e. The van der Waals surface area contributed by atoms with Gasteiger partial charge in [-0.2, -0.15) is 0 Å². The van der Waals surface area contributed by atoms with Crippen molar-refractivity contribution in [2.75, 3.05) is 0 Å². The highest BCUT2D eigenvalue weighted by Crippen LogP contribution is 2.28. The first kappa shape index (κ1) is 14.2. The zero-order valence-corrected chi connectivity index (χ0v) is 12.7. The zero-order valence-electron chi connectivity index (χ0n) is 11.9. The molecule has 0 saturated heterocycles. The molecule has 0 radical (unpaired) electrons. The molecule has 6 heteroatoms. The molecule has 0 atom stereocenters. The molecule has 108 valence electrons. The van der Waals surface area contributed by atoms with Crippen LogP contribution in [0.25, 0.3) is 27.7 Å². The Hall–Kier alpha value is -2.73. The molecule has 3 aromatic rings. The first-order valence-electron chi connectivity index (χ1n) is 6.69. The van der Waals surface area contributed by atoms with Crippen molar-refractivity contribution in [2.45, 2.75) is 6.92 Å². The second kappa shape index (κ2) is 6.36. The van der Waals surface area contributed by atoms with E-state index in [0.717, 1.165) is 26.8 Å². The fraction of sp³-hybridized carbons (Fsp3) is 0.0625. The monoisotopic (exact) mass is 307 g/mol. The van der Waals surface area contributed by atoms with Gasteiger partial charge < -0.3 is 5.41 Å². The molecule has 0 aliphatic heterocycles. The molecule has 1 N–H and O–H groups in total. The number of hydrogen-bond acceptors (Lipinski definition) is 6. The summed E-state index contributed by atoms with van der Waals surface area (Å²) >= 11 is 1.51. The molecule has 3 heterocycles. The molecule has 22 heavy (non-hydrogen) atoms. The van der Waals surface area contributed by atoms with Crippen molar-refractivity contribution in [2.24, 2.45) is 0 Å². The van der Waals surface area contributed by atoms with Crippen molar-refractivity contribution in [3.63, 3.8) is 0 Å². The van der Waals surface area contributed by atoms with E-state index in [1.807, 2.05) is 31.2 Å². The average Bonchev–Trinajstić information content (AvgIpc) is 3.07. The van der Waals surface area contributed by atoms with Crippen molar-refractivity contribution in [1.82, 2.24) is 19.9 Å². The molecule has 0 unspecified atom stereocenters. The minimum Gasteiger partial charge on any atom is -0.308 e. The van der Waals surface area contributed by atoms with Crippen LogP contribution in [0.4, 0.5) is 0 Å². The van der Waals surface area contributed by atoms with E-state index in [1.165, 1.54) is 17.6 Å². The minimum absolute atomic E-state index is 0.600. The third-order valence-corrected chi connectivity index (χ3v) is 4.08. The van der Waals surface area contributed by atoms with Gasteiger partial charge in [-0.15, -0.1) is 11.3 Å². The molecule has 0 aliphatic carbocycles. The Morgan fingerprint density at radius 1 is 1.09 bits per heavy atom. The number of thiazole rings is 1. The summed E-state index contributed by atoms with van der Waals surface area (Å²) in [6.07, 6.45) is 8.36. The SMILES string of the molecule is CC=C(C=N)c1ncc(-c2cccc(-c3ncccn3)n2)s1. The number of allylic oxidation sites excluding steroid dienone is 2. The van der Waals surface area contributed by atoms with Crippen molar-refractivity contribution in [1.29, 1.82) is 5.41 Å². The lowest BCUT2D eigenvalue weighted by Gasteiger charge is -2.01. The van der Waals surface area contributed by atoms with Gasteiger partial charge in [0.15, 0.2) is 5.82 Å². The van der Waals surface area contributed by atoms with Crippen molar-refractivity contribution < 1.29 is 0 Å². The van der Waals surface area contributed by atoms with Crippen LogP contribution in [-0.2, 0) is 0 Å². The lowest BCUT2D eigenvalue weighted by molar-refractivity contribution is 1.14.